The first-order chi connectivity index (χ1) is 13.1. The normalized spacial score (nSPS) is 11.6. The van der Waals surface area contributed by atoms with Gasteiger partial charge in [-0.25, -0.2) is 0 Å². The van der Waals surface area contributed by atoms with Crippen molar-refractivity contribution < 1.29 is 19.4 Å². The number of carbonyl (C=O) groups excluding carboxylic acids is 2. The smallest absolute Gasteiger partial charge is 0.310 e. The predicted molar refractivity (Wildman–Crippen MR) is 109 cm³/mol. The summed E-state index contributed by atoms with van der Waals surface area (Å²) in [6.07, 6.45) is 0.00392. The molecule has 0 radical (unpaired) electrons. The summed E-state index contributed by atoms with van der Waals surface area (Å²) in [5.41, 5.74) is 1.77. The summed E-state index contributed by atoms with van der Waals surface area (Å²) in [5.74, 6) is -0.564. The maximum atomic E-state index is 13.1. The van der Waals surface area contributed by atoms with Crippen LogP contribution < -0.4 is 0 Å². The Labute approximate surface area is 168 Å². The number of rotatable bonds is 3. The highest BCUT2D eigenvalue weighted by molar-refractivity contribution is 6.30. The zero-order valence-corrected chi connectivity index (χ0v) is 17.0. The fourth-order valence-corrected chi connectivity index (χ4v) is 3.33. The van der Waals surface area contributed by atoms with Crippen molar-refractivity contribution in [3.63, 3.8) is 0 Å². The van der Waals surface area contributed by atoms with Gasteiger partial charge in [0, 0.05) is 21.7 Å². The van der Waals surface area contributed by atoms with E-state index in [0.717, 1.165) is 0 Å². The molecule has 0 spiro atoms. The van der Waals surface area contributed by atoms with Gasteiger partial charge in [0.05, 0.1) is 11.9 Å². The van der Waals surface area contributed by atoms with E-state index < -0.39 is 11.6 Å². The first-order valence-electron chi connectivity index (χ1n) is 8.92. The molecule has 0 amide bonds. The van der Waals surface area contributed by atoms with Crippen LogP contribution in [0.1, 0.15) is 42.4 Å². The molecule has 0 unspecified atom stereocenters. The molecule has 2 aromatic carbocycles. The van der Waals surface area contributed by atoms with Gasteiger partial charge in [-0.3, -0.25) is 14.2 Å². The molecule has 0 aliphatic rings. The third-order valence-corrected chi connectivity index (χ3v) is 4.61. The van der Waals surface area contributed by atoms with Gasteiger partial charge in [-0.15, -0.1) is 0 Å². The first kappa shape index (κ1) is 20.0. The minimum atomic E-state index is -0.607. The van der Waals surface area contributed by atoms with E-state index in [1.54, 1.807) is 68.7 Å². The Morgan fingerprint density at radius 3 is 2.36 bits per heavy atom. The number of fused-ring (bicyclic) bond motifs is 1. The predicted octanol–water partition coefficient (Wildman–Crippen LogP) is 4.88. The highest BCUT2D eigenvalue weighted by Crippen LogP contribution is 2.31. The van der Waals surface area contributed by atoms with Gasteiger partial charge < -0.3 is 9.84 Å². The van der Waals surface area contributed by atoms with Crippen molar-refractivity contribution in [2.24, 2.45) is 0 Å². The average Bonchev–Trinajstić information content (AvgIpc) is 2.85. The van der Waals surface area contributed by atoms with Crippen molar-refractivity contribution in [2.75, 3.05) is 0 Å². The molecular weight excluding hydrogens is 378 g/mol. The second kappa shape index (κ2) is 7.32. The molecule has 28 heavy (non-hydrogen) atoms. The lowest BCUT2D eigenvalue weighted by Gasteiger charge is -2.19. The summed E-state index contributed by atoms with van der Waals surface area (Å²) in [7, 11) is 0. The number of phenolic OH excluding ortho intramolecular Hbond substituents is 1. The number of aromatic hydroxyl groups is 1. The fraction of sp³-hybridized carbons (Fsp3) is 0.273. The number of phenols is 1. The van der Waals surface area contributed by atoms with E-state index in [9.17, 15) is 14.7 Å². The molecule has 0 saturated heterocycles. The Morgan fingerprint density at radius 1 is 1.11 bits per heavy atom. The van der Waals surface area contributed by atoms with Gasteiger partial charge in [-0.2, -0.15) is 0 Å². The minimum Gasteiger partial charge on any atom is -0.508 e. The molecule has 5 nitrogen and oxygen atoms in total. The molecule has 0 aliphatic heterocycles. The molecule has 0 atom stereocenters. The molecule has 0 saturated carbocycles. The Bertz CT molecular complexity index is 1060. The summed E-state index contributed by atoms with van der Waals surface area (Å²) in [6.45, 7) is 7.19. The molecule has 3 rings (SSSR count). The number of ether oxygens (including phenoxy) is 1. The van der Waals surface area contributed by atoms with Gasteiger partial charge >= 0.3 is 5.97 Å². The molecule has 146 valence electrons. The van der Waals surface area contributed by atoms with Crippen molar-refractivity contribution in [3.05, 3.63) is 64.3 Å². The zero-order valence-electron chi connectivity index (χ0n) is 16.2. The highest BCUT2D eigenvalue weighted by atomic mass is 35.5. The van der Waals surface area contributed by atoms with Gasteiger partial charge in [-0.05, 0) is 75.7 Å². The number of hydrogen-bond donors (Lipinski definition) is 1. The van der Waals surface area contributed by atoms with Crippen LogP contribution in [0.15, 0.2) is 42.5 Å². The van der Waals surface area contributed by atoms with Crippen molar-refractivity contribution in [2.45, 2.75) is 39.7 Å². The number of aromatic nitrogens is 1. The molecule has 3 aromatic rings. The van der Waals surface area contributed by atoms with Crippen LogP contribution in [0.2, 0.25) is 5.02 Å². The Balaban J connectivity index is 2.11. The third kappa shape index (κ3) is 4.04. The van der Waals surface area contributed by atoms with Crippen LogP contribution in [0.25, 0.3) is 10.9 Å². The van der Waals surface area contributed by atoms with E-state index in [4.69, 9.17) is 16.3 Å². The number of benzene rings is 2. The molecule has 1 heterocycles. The van der Waals surface area contributed by atoms with Crippen LogP contribution in [0.4, 0.5) is 0 Å². The van der Waals surface area contributed by atoms with Gasteiger partial charge in [0.1, 0.15) is 11.4 Å². The molecule has 6 heteroatoms. The molecule has 0 fully saturated rings. The Hall–Kier alpha value is -2.79. The van der Waals surface area contributed by atoms with E-state index in [1.165, 1.54) is 6.07 Å². The highest BCUT2D eigenvalue weighted by Gasteiger charge is 2.24. The summed E-state index contributed by atoms with van der Waals surface area (Å²) < 4.78 is 6.99. The fourth-order valence-electron chi connectivity index (χ4n) is 3.20. The van der Waals surface area contributed by atoms with E-state index in [2.05, 4.69) is 0 Å². The number of esters is 1. The maximum Gasteiger partial charge on any atom is 0.310 e. The second-order valence-corrected chi connectivity index (χ2v) is 8.11. The summed E-state index contributed by atoms with van der Waals surface area (Å²) in [5, 5.41) is 11.1. The molecular formula is C22H22ClNO4. The summed E-state index contributed by atoms with van der Waals surface area (Å²) in [4.78, 5) is 25.5. The first-order valence-corrected chi connectivity index (χ1v) is 9.29. The van der Waals surface area contributed by atoms with Crippen molar-refractivity contribution in [1.29, 1.82) is 0 Å². The molecule has 0 aliphatic carbocycles. The molecule has 0 bridgehead atoms. The number of carbonyl (C=O) groups is 2. The Kier molecular flexibility index (Phi) is 5.22. The van der Waals surface area contributed by atoms with Crippen LogP contribution in [0, 0.1) is 6.92 Å². The summed E-state index contributed by atoms with van der Waals surface area (Å²) >= 11 is 5.92. The third-order valence-electron chi connectivity index (χ3n) is 4.35. The number of hydrogen-bond acceptors (Lipinski definition) is 4. The monoisotopic (exact) mass is 399 g/mol. The van der Waals surface area contributed by atoms with Gasteiger partial charge in [0.15, 0.2) is 0 Å². The number of nitrogens with zero attached hydrogens (tertiary/aromatic N) is 1. The van der Waals surface area contributed by atoms with Gasteiger partial charge in [0.25, 0.3) is 5.91 Å². The van der Waals surface area contributed by atoms with Crippen molar-refractivity contribution in [3.8, 4) is 5.75 Å². The zero-order chi connectivity index (χ0) is 20.6. The van der Waals surface area contributed by atoms with Gasteiger partial charge in [-0.1, -0.05) is 11.6 Å². The van der Waals surface area contributed by atoms with Crippen molar-refractivity contribution in [1.82, 2.24) is 4.57 Å². The summed E-state index contributed by atoms with van der Waals surface area (Å²) in [6, 6.07) is 11.4. The SMILES string of the molecule is Cc1c(CC(=O)OC(C)(C)C)c2cc(O)ccc2n1C(=O)c1ccc(Cl)cc1. The number of halogens is 1. The van der Waals surface area contributed by atoms with Crippen LogP contribution in [-0.2, 0) is 16.0 Å². The van der Waals surface area contributed by atoms with Crippen LogP contribution >= 0.6 is 11.6 Å². The van der Waals surface area contributed by atoms with E-state index in [1.807, 2.05) is 0 Å². The van der Waals surface area contributed by atoms with E-state index in [0.29, 0.717) is 32.7 Å². The van der Waals surface area contributed by atoms with Crippen LogP contribution in [-0.4, -0.2) is 27.2 Å². The lowest BCUT2D eigenvalue weighted by atomic mass is 10.1. The van der Waals surface area contributed by atoms with Gasteiger partial charge in [0.2, 0.25) is 0 Å². The molecule has 1 N–H and O–H groups in total. The van der Waals surface area contributed by atoms with E-state index in [-0.39, 0.29) is 18.1 Å². The largest absolute Gasteiger partial charge is 0.508 e. The maximum absolute atomic E-state index is 13.1. The lowest BCUT2D eigenvalue weighted by Crippen LogP contribution is -2.25. The molecule has 1 aromatic heterocycles. The topological polar surface area (TPSA) is 68.5 Å². The second-order valence-electron chi connectivity index (χ2n) is 7.68. The minimum absolute atomic E-state index is 0.00392. The average molecular weight is 400 g/mol. The standard InChI is InChI=1S/C22H22ClNO4/c1-13-17(12-20(26)28-22(2,3)4)18-11-16(25)9-10-19(18)24(13)21(27)14-5-7-15(23)8-6-14/h5-11,25H,12H2,1-4H3. The van der Waals surface area contributed by atoms with Crippen LogP contribution in [0.5, 0.6) is 5.75 Å². The Morgan fingerprint density at radius 2 is 1.75 bits per heavy atom. The van der Waals surface area contributed by atoms with Crippen LogP contribution in [0.3, 0.4) is 0 Å². The van der Waals surface area contributed by atoms with Crippen molar-refractivity contribution >= 4 is 34.4 Å². The lowest BCUT2D eigenvalue weighted by molar-refractivity contribution is -0.153. The van der Waals surface area contributed by atoms with E-state index >= 15 is 0 Å². The quantitative estimate of drug-likeness (QED) is 0.637.